The highest BCUT2D eigenvalue weighted by Crippen LogP contribution is 2.18. The molecule has 0 aliphatic carbocycles. The molecule has 1 aromatic carbocycles. The van der Waals surface area contributed by atoms with Gasteiger partial charge in [-0.2, -0.15) is 0 Å². The van der Waals surface area contributed by atoms with Crippen molar-refractivity contribution in [1.29, 1.82) is 0 Å². The third-order valence-electron chi connectivity index (χ3n) is 4.21. The van der Waals surface area contributed by atoms with Crippen molar-refractivity contribution in [3.63, 3.8) is 0 Å². The number of para-hydroxylation sites is 1. The second kappa shape index (κ2) is 10.3. The smallest absolute Gasteiger partial charge is 0.262 e. The van der Waals surface area contributed by atoms with Crippen molar-refractivity contribution in [2.75, 3.05) is 12.3 Å². The van der Waals surface area contributed by atoms with E-state index < -0.39 is 6.04 Å². The van der Waals surface area contributed by atoms with Crippen molar-refractivity contribution >= 4 is 34.5 Å². The highest BCUT2D eigenvalue weighted by molar-refractivity contribution is 7.99. The summed E-state index contributed by atoms with van der Waals surface area (Å²) < 4.78 is 1.65. The van der Waals surface area contributed by atoms with Crippen LogP contribution in [0.15, 0.2) is 34.2 Å². The highest BCUT2D eigenvalue weighted by Gasteiger charge is 2.17. The third-order valence-corrected chi connectivity index (χ3v) is 5.19. The number of amides is 2. The molecule has 0 spiro atoms. The molecular weight excluding hydrogens is 376 g/mol. The van der Waals surface area contributed by atoms with E-state index in [0.29, 0.717) is 35.1 Å². The summed E-state index contributed by atoms with van der Waals surface area (Å²) >= 11 is 1.21. The summed E-state index contributed by atoms with van der Waals surface area (Å²) in [6.07, 6.45) is 0.841. The van der Waals surface area contributed by atoms with Crippen molar-refractivity contribution in [2.24, 2.45) is 5.92 Å². The van der Waals surface area contributed by atoms with Crippen LogP contribution in [0.1, 0.15) is 34.1 Å². The van der Waals surface area contributed by atoms with Crippen LogP contribution in [-0.2, 0) is 16.1 Å². The van der Waals surface area contributed by atoms with E-state index >= 15 is 0 Å². The zero-order chi connectivity index (χ0) is 20.7. The van der Waals surface area contributed by atoms with Crippen LogP contribution in [0.25, 0.3) is 10.9 Å². The molecule has 1 aromatic heterocycles. The Bertz CT molecular complexity index is 895. The molecule has 0 unspecified atom stereocenters. The number of likely N-dealkylation sites (N-methyl/N-ethyl adjacent to an activating group) is 1. The number of fused-ring (bicyclic) bond motifs is 1. The van der Waals surface area contributed by atoms with Gasteiger partial charge in [-0.05, 0) is 38.3 Å². The molecule has 2 amide bonds. The molecule has 2 rings (SSSR count). The zero-order valence-electron chi connectivity index (χ0n) is 16.8. The van der Waals surface area contributed by atoms with Gasteiger partial charge in [-0.25, -0.2) is 4.98 Å². The van der Waals surface area contributed by atoms with E-state index in [0.717, 1.165) is 6.42 Å². The molecule has 0 saturated heterocycles. The van der Waals surface area contributed by atoms with E-state index in [1.807, 2.05) is 19.1 Å². The Morgan fingerprint density at radius 2 is 1.93 bits per heavy atom. The zero-order valence-corrected chi connectivity index (χ0v) is 17.6. The molecule has 1 atom stereocenters. The Morgan fingerprint density at radius 1 is 1.21 bits per heavy atom. The van der Waals surface area contributed by atoms with E-state index in [1.54, 1.807) is 23.6 Å². The summed E-state index contributed by atoms with van der Waals surface area (Å²) in [5.41, 5.74) is 0.525. The third kappa shape index (κ3) is 5.82. The normalized spacial score (nSPS) is 12.2. The fourth-order valence-corrected chi connectivity index (χ4v) is 3.48. The summed E-state index contributed by atoms with van der Waals surface area (Å²) in [6.45, 7) is 8.72. The van der Waals surface area contributed by atoms with Gasteiger partial charge in [0.1, 0.15) is 6.04 Å². The maximum atomic E-state index is 12.9. The number of benzene rings is 1. The van der Waals surface area contributed by atoms with E-state index in [1.165, 1.54) is 11.8 Å². The molecule has 0 saturated carbocycles. The number of aromatic nitrogens is 2. The summed E-state index contributed by atoms with van der Waals surface area (Å²) in [4.78, 5) is 41.5. The Morgan fingerprint density at radius 3 is 2.61 bits per heavy atom. The largest absolute Gasteiger partial charge is 0.355 e. The van der Waals surface area contributed by atoms with Gasteiger partial charge in [0.25, 0.3) is 5.56 Å². The van der Waals surface area contributed by atoms with Gasteiger partial charge in [0, 0.05) is 13.1 Å². The van der Waals surface area contributed by atoms with E-state index in [-0.39, 0.29) is 23.1 Å². The fraction of sp³-hybridized carbons (Fsp3) is 0.500. The van der Waals surface area contributed by atoms with Crippen LogP contribution in [0.2, 0.25) is 0 Å². The van der Waals surface area contributed by atoms with Crippen LogP contribution in [0.3, 0.4) is 0 Å². The molecule has 28 heavy (non-hydrogen) atoms. The predicted molar refractivity (Wildman–Crippen MR) is 112 cm³/mol. The van der Waals surface area contributed by atoms with E-state index in [2.05, 4.69) is 29.5 Å². The van der Waals surface area contributed by atoms with Gasteiger partial charge in [-0.15, -0.1) is 0 Å². The second-order valence-corrected chi connectivity index (χ2v) is 7.97. The van der Waals surface area contributed by atoms with Gasteiger partial charge in [-0.1, -0.05) is 37.7 Å². The van der Waals surface area contributed by atoms with Crippen LogP contribution >= 0.6 is 11.8 Å². The van der Waals surface area contributed by atoms with E-state index in [4.69, 9.17) is 0 Å². The Hall–Kier alpha value is -2.35. The number of rotatable bonds is 9. The second-order valence-electron chi connectivity index (χ2n) is 7.02. The predicted octanol–water partition coefficient (Wildman–Crippen LogP) is 2.18. The lowest BCUT2D eigenvalue weighted by molar-refractivity contribution is -0.127. The number of thioether (sulfide) groups is 1. The number of carbonyl (C=O) groups excluding carboxylic acids is 2. The average molecular weight is 405 g/mol. The maximum absolute atomic E-state index is 12.9. The molecule has 0 bridgehead atoms. The number of hydrogen-bond acceptors (Lipinski definition) is 5. The van der Waals surface area contributed by atoms with Gasteiger partial charge >= 0.3 is 0 Å². The molecule has 0 radical (unpaired) electrons. The minimum absolute atomic E-state index is 0.0796. The molecule has 0 aliphatic rings. The summed E-state index contributed by atoms with van der Waals surface area (Å²) in [7, 11) is 0. The lowest BCUT2D eigenvalue weighted by Gasteiger charge is -2.15. The lowest BCUT2D eigenvalue weighted by Crippen LogP contribution is -2.45. The monoisotopic (exact) mass is 404 g/mol. The van der Waals surface area contributed by atoms with Gasteiger partial charge < -0.3 is 10.6 Å². The minimum atomic E-state index is -0.610. The first-order valence-corrected chi connectivity index (χ1v) is 10.5. The Kier molecular flexibility index (Phi) is 8.04. The minimum Gasteiger partial charge on any atom is -0.355 e. The fourth-order valence-electron chi connectivity index (χ4n) is 2.65. The average Bonchev–Trinajstić information content (AvgIpc) is 2.65. The van der Waals surface area contributed by atoms with Crippen LogP contribution < -0.4 is 16.2 Å². The maximum Gasteiger partial charge on any atom is 0.262 e. The van der Waals surface area contributed by atoms with Gasteiger partial charge in [0.15, 0.2) is 5.16 Å². The van der Waals surface area contributed by atoms with Crippen molar-refractivity contribution in [3.8, 4) is 0 Å². The summed E-state index contributed by atoms with van der Waals surface area (Å²) in [6, 6.07) is 6.61. The van der Waals surface area contributed by atoms with E-state index in [9.17, 15) is 14.4 Å². The molecular formula is C20H28N4O3S. The van der Waals surface area contributed by atoms with Crippen molar-refractivity contribution in [3.05, 3.63) is 34.6 Å². The van der Waals surface area contributed by atoms with Crippen molar-refractivity contribution in [1.82, 2.24) is 20.2 Å². The van der Waals surface area contributed by atoms with Crippen LogP contribution in [0.4, 0.5) is 0 Å². The lowest BCUT2D eigenvalue weighted by atomic mass is 10.1. The van der Waals surface area contributed by atoms with Crippen LogP contribution in [0.5, 0.6) is 0 Å². The SMILES string of the molecule is CCNC(=O)[C@H](C)NC(=O)CSc1nc2ccccc2c(=O)n1CCC(C)C. The van der Waals surface area contributed by atoms with Crippen molar-refractivity contribution < 1.29 is 9.59 Å². The topological polar surface area (TPSA) is 93.1 Å². The first-order valence-electron chi connectivity index (χ1n) is 9.53. The molecule has 0 fully saturated rings. The summed E-state index contributed by atoms with van der Waals surface area (Å²) in [5, 5.41) is 6.43. The number of hydrogen-bond donors (Lipinski definition) is 2. The van der Waals surface area contributed by atoms with Crippen LogP contribution in [-0.4, -0.2) is 39.7 Å². The quantitative estimate of drug-likeness (QED) is 0.494. The first-order chi connectivity index (χ1) is 13.3. The summed E-state index contributed by atoms with van der Waals surface area (Å²) in [5.74, 6) is 0.0217. The molecule has 7 nitrogen and oxygen atoms in total. The van der Waals surface area contributed by atoms with Gasteiger partial charge in [0.2, 0.25) is 11.8 Å². The van der Waals surface area contributed by atoms with Gasteiger partial charge in [-0.3, -0.25) is 19.0 Å². The van der Waals surface area contributed by atoms with Gasteiger partial charge in [0.05, 0.1) is 16.7 Å². The number of carbonyl (C=O) groups is 2. The number of nitrogens with one attached hydrogen (secondary N) is 2. The Balaban J connectivity index is 2.18. The molecule has 152 valence electrons. The molecule has 1 heterocycles. The van der Waals surface area contributed by atoms with Crippen LogP contribution in [0, 0.1) is 5.92 Å². The first kappa shape index (κ1) is 21.9. The molecule has 2 aromatic rings. The standard InChI is InChI=1S/C20H28N4O3S/c1-5-21-18(26)14(4)22-17(25)12-28-20-23-16-9-7-6-8-15(16)19(27)24(20)11-10-13(2)3/h6-9,13-14H,5,10-12H2,1-4H3,(H,21,26)(H,22,25)/t14-/m0/s1. The number of nitrogens with zero attached hydrogens (tertiary/aromatic N) is 2. The highest BCUT2D eigenvalue weighted by atomic mass is 32.2. The molecule has 0 aliphatic heterocycles. The molecule has 8 heteroatoms. The Labute approximate surface area is 169 Å². The van der Waals surface area contributed by atoms with Crippen molar-refractivity contribution in [2.45, 2.75) is 51.9 Å². The molecule has 2 N–H and O–H groups in total.